The van der Waals surface area contributed by atoms with Gasteiger partial charge in [-0.1, -0.05) is 47.2 Å². The topological polar surface area (TPSA) is 60.7 Å². The van der Waals surface area contributed by atoms with E-state index in [2.05, 4.69) is 4.99 Å². The molecule has 1 unspecified atom stereocenters. The summed E-state index contributed by atoms with van der Waals surface area (Å²) in [6.07, 6.45) is 1.75. The molecule has 0 amide bonds. The zero-order valence-corrected chi connectivity index (χ0v) is 17.6. The van der Waals surface area contributed by atoms with Gasteiger partial charge in [0.05, 0.1) is 29.0 Å². The number of thiazole rings is 1. The number of methoxy groups -OCH3 is 1. The molecule has 1 aromatic heterocycles. The van der Waals surface area contributed by atoms with Gasteiger partial charge in [-0.2, -0.15) is 0 Å². The average Bonchev–Trinajstić information content (AvgIpc) is 3.03. The van der Waals surface area contributed by atoms with E-state index in [0.29, 0.717) is 25.6 Å². The van der Waals surface area contributed by atoms with Gasteiger partial charge in [0.25, 0.3) is 5.56 Å². The third-order valence-corrected chi connectivity index (χ3v) is 6.02. The summed E-state index contributed by atoms with van der Waals surface area (Å²) in [5.41, 5.74) is 1.80. The van der Waals surface area contributed by atoms with Crippen molar-refractivity contribution < 1.29 is 13.9 Å². The molecule has 0 bridgehead atoms. The molecule has 5 nitrogen and oxygen atoms in total. The first kappa shape index (κ1) is 20.3. The number of nitrogens with zero attached hydrogens (tertiary/aromatic N) is 2. The number of benzene rings is 2. The molecule has 2 heterocycles. The Labute approximate surface area is 180 Å². The summed E-state index contributed by atoms with van der Waals surface area (Å²) in [6.45, 7) is 1.69. The maximum atomic E-state index is 13.5. The van der Waals surface area contributed by atoms with E-state index < -0.39 is 17.8 Å². The van der Waals surface area contributed by atoms with Crippen LogP contribution in [0.15, 0.2) is 69.6 Å². The summed E-state index contributed by atoms with van der Waals surface area (Å²) in [6, 6.07) is 12.0. The number of esters is 1. The smallest absolute Gasteiger partial charge is 0.338 e. The van der Waals surface area contributed by atoms with Gasteiger partial charge in [-0.15, -0.1) is 0 Å². The van der Waals surface area contributed by atoms with Gasteiger partial charge in [-0.3, -0.25) is 9.36 Å². The maximum absolute atomic E-state index is 13.5. The number of carbonyl (C=O) groups excluding carboxylic acids is 1. The van der Waals surface area contributed by atoms with Crippen molar-refractivity contribution in [1.82, 2.24) is 4.57 Å². The third kappa shape index (κ3) is 3.62. The van der Waals surface area contributed by atoms with Crippen LogP contribution in [0.2, 0.25) is 5.02 Å². The number of carbonyl (C=O) groups is 1. The largest absolute Gasteiger partial charge is 0.466 e. The van der Waals surface area contributed by atoms with Crippen LogP contribution in [0.3, 0.4) is 0 Å². The number of allylic oxidation sites excluding steroid dienone is 1. The molecule has 1 aliphatic heterocycles. The van der Waals surface area contributed by atoms with E-state index in [1.807, 2.05) is 12.1 Å². The molecule has 1 atom stereocenters. The first-order chi connectivity index (χ1) is 14.4. The Morgan fingerprint density at radius 1 is 1.20 bits per heavy atom. The molecule has 0 spiro atoms. The average molecular weight is 443 g/mol. The molecule has 3 aromatic rings. The van der Waals surface area contributed by atoms with Crippen molar-refractivity contribution in [3.63, 3.8) is 0 Å². The Morgan fingerprint density at radius 2 is 1.87 bits per heavy atom. The molecular weight excluding hydrogens is 427 g/mol. The Kier molecular flexibility index (Phi) is 5.40. The van der Waals surface area contributed by atoms with E-state index in [1.54, 1.807) is 37.3 Å². The highest BCUT2D eigenvalue weighted by Crippen LogP contribution is 2.30. The molecule has 0 radical (unpaired) electrons. The van der Waals surface area contributed by atoms with Crippen molar-refractivity contribution >= 4 is 35.0 Å². The Morgan fingerprint density at radius 3 is 2.50 bits per heavy atom. The van der Waals surface area contributed by atoms with E-state index in [1.165, 1.54) is 35.1 Å². The van der Waals surface area contributed by atoms with E-state index in [0.717, 1.165) is 5.56 Å². The molecule has 152 valence electrons. The molecule has 30 heavy (non-hydrogen) atoms. The second-order valence-electron chi connectivity index (χ2n) is 6.68. The Bertz CT molecular complexity index is 1340. The number of fused-ring (bicyclic) bond motifs is 1. The van der Waals surface area contributed by atoms with Crippen LogP contribution in [0, 0.1) is 5.82 Å². The van der Waals surface area contributed by atoms with Gasteiger partial charge in [0.1, 0.15) is 5.82 Å². The second-order valence-corrected chi connectivity index (χ2v) is 8.12. The fraction of sp³-hybridized carbons (Fsp3) is 0.136. The minimum absolute atomic E-state index is 0.245. The summed E-state index contributed by atoms with van der Waals surface area (Å²) in [5, 5.41) is 0.600. The monoisotopic (exact) mass is 442 g/mol. The highest BCUT2D eigenvalue weighted by molar-refractivity contribution is 7.07. The lowest BCUT2D eigenvalue weighted by atomic mass is 9.96. The molecule has 2 aromatic carbocycles. The SMILES string of the molecule is COC(=O)C1=C(C)N=c2s/c(=C\c3ccc(Cl)cc3)c(=O)n2C1c1ccc(F)cc1. The molecule has 0 aliphatic carbocycles. The lowest BCUT2D eigenvalue weighted by Gasteiger charge is -2.24. The fourth-order valence-electron chi connectivity index (χ4n) is 3.36. The summed E-state index contributed by atoms with van der Waals surface area (Å²) < 4.78 is 20.4. The third-order valence-electron chi connectivity index (χ3n) is 4.78. The molecule has 0 N–H and O–H groups in total. The number of ether oxygens (including phenoxy) is 1. The van der Waals surface area contributed by atoms with Crippen molar-refractivity contribution in [1.29, 1.82) is 0 Å². The summed E-state index contributed by atoms with van der Waals surface area (Å²) in [4.78, 5) is 30.8. The van der Waals surface area contributed by atoms with Crippen molar-refractivity contribution in [3.8, 4) is 0 Å². The zero-order valence-electron chi connectivity index (χ0n) is 16.1. The molecule has 1 aliphatic rings. The van der Waals surface area contributed by atoms with Gasteiger partial charge in [0, 0.05) is 5.02 Å². The van der Waals surface area contributed by atoms with Gasteiger partial charge in [-0.25, -0.2) is 14.2 Å². The number of hydrogen-bond donors (Lipinski definition) is 0. The first-order valence-corrected chi connectivity index (χ1v) is 10.2. The minimum atomic E-state index is -0.762. The first-order valence-electron chi connectivity index (χ1n) is 9.01. The Balaban J connectivity index is 1.96. The predicted octanol–water partition coefficient (Wildman–Crippen LogP) is 3.20. The number of hydrogen-bond acceptors (Lipinski definition) is 5. The highest BCUT2D eigenvalue weighted by Gasteiger charge is 2.33. The van der Waals surface area contributed by atoms with Crippen LogP contribution in [0.4, 0.5) is 4.39 Å². The zero-order chi connectivity index (χ0) is 21.4. The van der Waals surface area contributed by atoms with Crippen LogP contribution in [0.5, 0.6) is 0 Å². The highest BCUT2D eigenvalue weighted by atomic mass is 35.5. The standard InChI is InChI=1S/C22H16ClFN2O3S/c1-12-18(21(28)29-2)19(14-5-9-16(24)10-6-14)26-20(27)17(30-22(26)25-12)11-13-3-7-15(23)8-4-13/h3-11,19H,1-2H3/b17-11-. The summed E-state index contributed by atoms with van der Waals surface area (Å²) >= 11 is 7.16. The van der Waals surface area contributed by atoms with Crippen molar-refractivity contribution in [2.24, 2.45) is 4.99 Å². The lowest BCUT2D eigenvalue weighted by molar-refractivity contribution is -0.136. The quantitative estimate of drug-likeness (QED) is 0.585. The molecule has 0 fully saturated rings. The predicted molar refractivity (Wildman–Crippen MR) is 114 cm³/mol. The maximum Gasteiger partial charge on any atom is 0.338 e. The van der Waals surface area contributed by atoms with Gasteiger partial charge in [0.15, 0.2) is 4.80 Å². The molecule has 0 saturated carbocycles. The van der Waals surface area contributed by atoms with Crippen LogP contribution in [0.25, 0.3) is 6.08 Å². The van der Waals surface area contributed by atoms with Gasteiger partial charge < -0.3 is 4.74 Å². The summed E-state index contributed by atoms with van der Waals surface area (Å²) in [5.74, 6) is -0.994. The number of halogens is 2. The lowest BCUT2D eigenvalue weighted by Crippen LogP contribution is -2.39. The normalized spacial score (nSPS) is 16.3. The molecule has 0 saturated heterocycles. The van der Waals surface area contributed by atoms with Crippen LogP contribution in [0.1, 0.15) is 24.1 Å². The molecule has 8 heteroatoms. The minimum Gasteiger partial charge on any atom is -0.466 e. The molecular formula is C22H16ClFN2O3S. The van der Waals surface area contributed by atoms with E-state index in [-0.39, 0.29) is 11.1 Å². The van der Waals surface area contributed by atoms with Gasteiger partial charge in [-0.05, 0) is 48.4 Å². The second kappa shape index (κ2) is 8.01. The number of rotatable bonds is 3. The van der Waals surface area contributed by atoms with Gasteiger partial charge >= 0.3 is 5.97 Å². The van der Waals surface area contributed by atoms with Crippen molar-refractivity contribution in [2.75, 3.05) is 7.11 Å². The van der Waals surface area contributed by atoms with E-state index >= 15 is 0 Å². The van der Waals surface area contributed by atoms with Crippen molar-refractivity contribution in [3.05, 3.63) is 101 Å². The van der Waals surface area contributed by atoms with E-state index in [9.17, 15) is 14.0 Å². The summed E-state index contributed by atoms with van der Waals surface area (Å²) in [7, 11) is 1.27. The van der Waals surface area contributed by atoms with Crippen LogP contribution in [-0.2, 0) is 9.53 Å². The van der Waals surface area contributed by atoms with E-state index in [4.69, 9.17) is 16.3 Å². The Hall–Kier alpha value is -3.03. The number of aromatic nitrogens is 1. The van der Waals surface area contributed by atoms with Crippen LogP contribution in [-0.4, -0.2) is 17.6 Å². The van der Waals surface area contributed by atoms with Gasteiger partial charge in [0.2, 0.25) is 0 Å². The van der Waals surface area contributed by atoms with Crippen LogP contribution >= 0.6 is 22.9 Å². The van der Waals surface area contributed by atoms with Crippen LogP contribution < -0.4 is 14.9 Å². The molecule has 4 rings (SSSR count). The van der Waals surface area contributed by atoms with Crippen molar-refractivity contribution in [2.45, 2.75) is 13.0 Å². The fourth-order valence-corrected chi connectivity index (χ4v) is 4.54.